The second-order valence-corrected chi connectivity index (χ2v) is 6.08. The number of amides is 1. The van der Waals surface area contributed by atoms with E-state index in [0.717, 1.165) is 6.42 Å². The van der Waals surface area contributed by atoms with Gasteiger partial charge in [0.15, 0.2) is 5.78 Å². The highest BCUT2D eigenvalue weighted by Crippen LogP contribution is 2.37. The van der Waals surface area contributed by atoms with E-state index in [4.69, 9.17) is 4.74 Å². The first kappa shape index (κ1) is 14.7. The van der Waals surface area contributed by atoms with Gasteiger partial charge in [-0.05, 0) is 39.7 Å². The molecule has 1 aliphatic rings. The van der Waals surface area contributed by atoms with Crippen molar-refractivity contribution in [1.82, 2.24) is 4.90 Å². The second kappa shape index (κ2) is 4.75. The van der Waals surface area contributed by atoms with E-state index in [-0.39, 0.29) is 11.9 Å². The van der Waals surface area contributed by atoms with Crippen molar-refractivity contribution in [3.8, 4) is 0 Å². The molecule has 18 heavy (non-hydrogen) atoms. The number of ketones is 1. The van der Waals surface area contributed by atoms with Crippen LogP contribution in [0.25, 0.3) is 0 Å². The summed E-state index contributed by atoms with van der Waals surface area (Å²) in [7, 11) is 0. The Morgan fingerprint density at radius 1 is 1.33 bits per heavy atom. The minimum atomic E-state index is -0.500. The van der Waals surface area contributed by atoms with Gasteiger partial charge >= 0.3 is 6.09 Å². The van der Waals surface area contributed by atoms with Crippen LogP contribution in [0.4, 0.5) is 4.79 Å². The van der Waals surface area contributed by atoms with Crippen molar-refractivity contribution in [3.05, 3.63) is 12.2 Å². The molecular formula is C14H23NO3. The van der Waals surface area contributed by atoms with E-state index in [1.165, 1.54) is 0 Å². The summed E-state index contributed by atoms with van der Waals surface area (Å²) in [6.45, 7) is 13.7. The van der Waals surface area contributed by atoms with Crippen molar-refractivity contribution in [2.45, 2.75) is 46.6 Å². The Bertz CT molecular complexity index is 373. The minimum Gasteiger partial charge on any atom is -0.444 e. The zero-order valence-corrected chi connectivity index (χ0v) is 12.0. The number of likely N-dealkylation sites (tertiary alicyclic amines) is 1. The Kier molecular flexibility index (Phi) is 3.89. The van der Waals surface area contributed by atoms with E-state index >= 15 is 0 Å². The standard InChI is InChI=1S/C14H23NO3/c1-7-14(11(16)10(2)3)8-15(9-14)12(17)18-13(4,5)6/h2,7-9H2,1,3-6H3. The largest absolute Gasteiger partial charge is 0.444 e. The molecule has 0 saturated carbocycles. The summed E-state index contributed by atoms with van der Waals surface area (Å²) in [6.07, 6.45) is 0.374. The van der Waals surface area contributed by atoms with Crippen LogP contribution in [0, 0.1) is 5.41 Å². The molecule has 1 aliphatic heterocycles. The van der Waals surface area contributed by atoms with E-state index in [2.05, 4.69) is 6.58 Å². The Morgan fingerprint density at radius 3 is 2.17 bits per heavy atom. The molecule has 1 saturated heterocycles. The number of carbonyl (C=O) groups excluding carboxylic acids is 2. The fraction of sp³-hybridized carbons (Fsp3) is 0.714. The summed E-state index contributed by atoms with van der Waals surface area (Å²) in [5.41, 5.74) is -0.386. The summed E-state index contributed by atoms with van der Waals surface area (Å²) >= 11 is 0. The van der Waals surface area contributed by atoms with Gasteiger partial charge < -0.3 is 9.64 Å². The Balaban J connectivity index is 2.63. The molecule has 1 heterocycles. The minimum absolute atomic E-state index is 0.0600. The van der Waals surface area contributed by atoms with Gasteiger partial charge in [-0.2, -0.15) is 0 Å². The number of Topliss-reactive ketones (excluding diaryl/α,β-unsaturated/α-hetero) is 1. The number of nitrogens with zero attached hydrogens (tertiary/aromatic N) is 1. The van der Waals surface area contributed by atoms with E-state index in [1.54, 1.807) is 11.8 Å². The smallest absolute Gasteiger partial charge is 0.410 e. The lowest BCUT2D eigenvalue weighted by molar-refractivity contribution is -0.134. The van der Waals surface area contributed by atoms with Gasteiger partial charge in [-0.3, -0.25) is 4.79 Å². The van der Waals surface area contributed by atoms with Gasteiger partial charge in [-0.25, -0.2) is 4.79 Å². The first-order valence-corrected chi connectivity index (χ1v) is 6.29. The highest BCUT2D eigenvalue weighted by molar-refractivity contribution is 6.00. The van der Waals surface area contributed by atoms with Crippen molar-refractivity contribution >= 4 is 11.9 Å². The van der Waals surface area contributed by atoms with Crippen molar-refractivity contribution < 1.29 is 14.3 Å². The van der Waals surface area contributed by atoms with Crippen molar-refractivity contribution in [1.29, 1.82) is 0 Å². The van der Waals surface area contributed by atoms with Gasteiger partial charge in [0, 0.05) is 13.1 Å². The molecule has 1 amide bonds. The third-order valence-corrected chi connectivity index (χ3v) is 3.18. The number of rotatable bonds is 3. The SMILES string of the molecule is C=C(C)C(=O)C1(CC)CN(C(=O)OC(C)(C)C)C1. The lowest BCUT2D eigenvalue weighted by Crippen LogP contribution is -2.62. The average Bonchev–Trinajstić information content (AvgIpc) is 2.13. The monoisotopic (exact) mass is 253 g/mol. The zero-order chi connectivity index (χ0) is 14.1. The molecule has 0 spiro atoms. The molecule has 1 fully saturated rings. The molecule has 0 radical (unpaired) electrons. The van der Waals surface area contributed by atoms with Gasteiger partial charge in [0.2, 0.25) is 0 Å². The molecule has 0 unspecified atom stereocenters. The maximum Gasteiger partial charge on any atom is 0.410 e. The topological polar surface area (TPSA) is 46.6 Å². The van der Waals surface area contributed by atoms with Crippen LogP contribution in [0.2, 0.25) is 0 Å². The molecule has 102 valence electrons. The molecular weight excluding hydrogens is 230 g/mol. The third kappa shape index (κ3) is 2.92. The van der Waals surface area contributed by atoms with Gasteiger partial charge in [0.25, 0.3) is 0 Å². The number of allylic oxidation sites excluding steroid dienone is 1. The maximum atomic E-state index is 12.1. The molecule has 0 N–H and O–H groups in total. The van der Waals surface area contributed by atoms with Crippen molar-refractivity contribution in [3.63, 3.8) is 0 Å². The Labute approximate surface area is 109 Å². The Hall–Kier alpha value is -1.32. The number of hydrogen-bond donors (Lipinski definition) is 0. The third-order valence-electron chi connectivity index (χ3n) is 3.18. The number of carbonyl (C=O) groups is 2. The van der Waals surface area contributed by atoms with Gasteiger partial charge in [0.05, 0.1) is 5.41 Å². The second-order valence-electron chi connectivity index (χ2n) is 6.08. The number of ether oxygens (including phenoxy) is 1. The van der Waals surface area contributed by atoms with Gasteiger partial charge in [-0.15, -0.1) is 0 Å². The number of hydrogen-bond acceptors (Lipinski definition) is 3. The lowest BCUT2D eigenvalue weighted by Gasteiger charge is -2.48. The average molecular weight is 253 g/mol. The fourth-order valence-corrected chi connectivity index (χ4v) is 2.12. The van der Waals surface area contributed by atoms with Gasteiger partial charge in [-0.1, -0.05) is 13.5 Å². The van der Waals surface area contributed by atoms with Crippen LogP contribution in [0.1, 0.15) is 41.0 Å². The fourth-order valence-electron chi connectivity index (χ4n) is 2.12. The summed E-state index contributed by atoms with van der Waals surface area (Å²) in [6, 6.07) is 0. The van der Waals surface area contributed by atoms with E-state index < -0.39 is 11.0 Å². The Morgan fingerprint density at radius 2 is 1.83 bits per heavy atom. The molecule has 0 bridgehead atoms. The molecule has 0 atom stereocenters. The normalized spacial score (nSPS) is 17.9. The summed E-state index contributed by atoms with van der Waals surface area (Å²) in [5.74, 6) is 0.0600. The van der Waals surface area contributed by atoms with Crippen LogP contribution in [-0.2, 0) is 9.53 Å². The van der Waals surface area contributed by atoms with Crippen molar-refractivity contribution in [2.24, 2.45) is 5.41 Å². The van der Waals surface area contributed by atoms with Crippen LogP contribution in [0.15, 0.2) is 12.2 Å². The predicted molar refractivity (Wildman–Crippen MR) is 70.4 cm³/mol. The molecule has 0 aromatic carbocycles. The van der Waals surface area contributed by atoms with E-state index in [9.17, 15) is 9.59 Å². The van der Waals surface area contributed by atoms with Crippen LogP contribution in [0.3, 0.4) is 0 Å². The summed E-state index contributed by atoms with van der Waals surface area (Å²) in [5, 5.41) is 0. The molecule has 4 nitrogen and oxygen atoms in total. The molecule has 4 heteroatoms. The van der Waals surface area contributed by atoms with Crippen LogP contribution in [0.5, 0.6) is 0 Å². The molecule has 0 aromatic heterocycles. The lowest BCUT2D eigenvalue weighted by atomic mass is 9.72. The van der Waals surface area contributed by atoms with Gasteiger partial charge in [0.1, 0.15) is 5.60 Å². The molecule has 0 aliphatic carbocycles. The highest BCUT2D eigenvalue weighted by atomic mass is 16.6. The first-order chi connectivity index (χ1) is 8.11. The van der Waals surface area contributed by atoms with Crippen LogP contribution >= 0.6 is 0 Å². The molecule has 0 aromatic rings. The van der Waals surface area contributed by atoms with E-state index in [1.807, 2.05) is 27.7 Å². The van der Waals surface area contributed by atoms with Crippen molar-refractivity contribution in [2.75, 3.05) is 13.1 Å². The zero-order valence-electron chi connectivity index (χ0n) is 12.0. The molecule has 1 rings (SSSR count). The summed E-state index contributed by atoms with van der Waals surface area (Å²) in [4.78, 5) is 25.4. The van der Waals surface area contributed by atoms with Crippen LogP contribution in [-0.4, -0.2) is 35.5 Å². The first-order valence-electron chi connectivity index (χ1n) is 6.29. The van der Waals surface area contributed by atoms with E-state index in [0.29, 0.717) is 18.7 Å². The quantitative estimate of drug-likeness (QED) is 0.727. The predicted octanol–water partition coefficient (Wildman–Crippen LogP) is 2.78. The summed E-state index contributed by atoms with van der Waals surface area (Å²) < 4.78 is 5.27. The van der Waals surface area contributed by atoms with Crippen LogP contribution < -0.4 is 0 Å². The maximum absolute atomic E-state index is 12.1. The highest BCUT2D eigenvalue weighted by Gasteiger charge is 2.50.